The van der Waals surface area contributed by atoms with Crippen LogP contribution in [-0.2, 0) is 11.8 Å². The predicted molar refractivity (Wildman–Crippen MR) is 71.0 cm³/mol. The molecule has 0 aliphatic rings. The lowest BCUT2D eigenvalue weighted by Crippen LogP contribution is -2.46. The number of aromatic nitrogens is 2. The number of hydrogen-bond donors (Lipinski definition) is 3. The van der Waals surface area contributed by atoms with Crippen LogP contribution in [0, 0.1) is 12.8 Å². The van der Waals surface area contributed by atoms with Gasteiger partial charge in [-0.1, -0.05) is 20.3 Å². The largest absolute Gasteiger partial charge is 0.480 e. The first-order valence-electron chi connectivity index (χ1n) is 6.15. The average molecular weight is 268 g/mol. The minimum atomic E-state index is -1.03. The molecule has 19 heavy (non-hydrogen) atoms. The third-order valence-corrected chi connectivity index (χ3v) is 3.03. The van der Waals surface area contributed by atoms with Crippen LogP contribution in [0.3, 0.4) is 0 Å². The molecule has 0 spiro atoms. The Morgan fingerprint density at radius 2 is 2.16 bits per heavy atom. The summed E-state index contributed by atoms with van der Waals surface area (Å²) in [6.45, 7) is 5.43. The van der Waals surface area contributed by atoms with Crippen molar-refractivity contribution in [1.29, 1.82) is 0 Å². The molecular weight excluding hydrogens is 248 g/mol. The number of hydrogen-bond acceptors (Lipinski definition) is 3. The van der Waals surface area contributed by atoms with Crippen LogP contribution in [0.2, 0.25) is 0 Å². The third kappa shape index (κ3) is 3.97. The van der Waals surface area contributed by atoms with Gasteiger partial charge in [-0.3, -0.25) is 4.68 Å². The summed E-state index contributed by atoms with van der Waals surface area (Å²) < 4.78 is 1.58. The van der Waals surface area contributed by atoms with Gasteiger partial charge in [0.1, 0.15) is 6.04 Å². The van der Waals surface area contributed by atoms with E-state index in [1.54, 1.807) is 31.8 Å². The fourth-order valence-electron chi connectivity index (χ4n) is 1.71. The summed E-state index contributed by atoms with van der Waals surface area (Å²) in [4.78, 5) is 22.9. The van der Waals surface area contributed by atoms with E-state index in [1.807, 2.05) is 6.92 Å². The van der Waals surface area contributed by atoms with Crippen molar-refractivity contribution in [1.82, 2.24) is 15.1 Å². The van der Waals surface area contributed by atoms with Crippen LogP contribution in [-0.4, -0.2) is 32.9 Å². The Morgan fingerprint density at radius 1 is 1.53 bits per heavy atom. The normalized spacial score (nSPS) is 13.7. The summed E-state index contributed by atoms with van der Waals surface area (Å²) in [6.07, 6.45) is 2.33. The van der Waals surface area contributed by atoms with Gasteiger partial charge < -0.3 is 15.7 Å². The van der Waals surface area contributed by atoms with Gasteiger partial charge in [0.2, 0.25) is 0 Å². The number of carbonyl (C=O) groups is 2. The SMILES string of the molecule is CC[C@H](C)[C@H](NC(=O)Nc1cn(C)nc1C)C(=O)O. The molecule has 2 atom stereocenters. The average Bonchev–Trinajstić information content (AvgIpc) is 2.63. The second kappa shape index (κ2) is 6.21. The van der Waals surface area contributed by atoms with E-state index in [9.17, 15) is 9.59 Å². The van der Waals surface area contributed by atoms with Gasteiger partial charge in [-0.05, 0) is 12.8 Å². The Bertz CT molecular complexity index is 470. The van der Waals surface area contributed by atoms with E-state index in [1.165, 1.54) is 0 Å². The lowest BCUT2D eigenvalue weighted by Gasteiger charge is -2.20. The topological polar surface area (TPSA) is 96.3 Å². The monoisotopic (exact) mass is 268 g/mol. The molecule has 7 nitrogen and oxygen atoms in total. The summed E-state index contributed by atoms with van der Waals surface area (Å²) in [5.41, 5.74) is 1.24. The van der Waals surface area contributed by atoms with E-state index in [-0.39, 0.29) is 5.92 Å². The van der Waals surface area contributed by atoms with Gasteiger partial charge in [-0.25, -0.2) is 9.59 Å². The first kappa shape index (κ1) is 15.0. The number of aryl methyl sites for hydroxylation is 2. The maximum Gasteiger partial charge on any atom is 0.326 e. The molecule has 3 N–H and O–H groups in total. The number of urea groups is 1. The van der Waals surface area contributed by atoms with Crippen LogP contribution < -0.4 is 10.6 Å². The molecule has 0 fully saturated rings. The van der Waals surface area contributed by atoms with E-state index in [0.29, 0.717) is 17.8 Å². The number of rotatable bonds is 5. The fraction of sp³-hybridized carbons (Fsp3) is 0.583. The van der Waals surface area contributed by atoms with Gasteiger partial charge in [-0.2, -0.15) is 5.10 Å². The Hall–Kier alpha value is -2.05. The highest BCUT2D eigenvalue weighted by Crippen LogP contribution is 2.12. The van der Waals surface area contributed by atoms with E-state index in [2.05, 4.69) is 15.7 Å². The first-order chi connectivity index (χ1) is 8.85. The van der Waals surface area contributed by atoms with E-state index in [4.69, 9.17) is 5.11 Å². The van der Waals surface area contributed by atoms with Crippen molar-refractivity contribution in [2.75, 3.05) is 5.32 Å². The van der Waals surface area contributed by atoms with Crippen molar-refractivity contribution in [2.45, 2.75) is 33.2 Å². The number of amides is 2. The number of carboxylic acids is 1. The minimum absolute atomic E-state index is 0.141. The number of nitrogens with zero attached hydrogens (tertiary/aromatic N) is 2. The lowest BCUT2D eigenvalue weighted by molar-refractivity contribution is -0.140. The molecule has 1 heterocycles. The Balaban J connectivity index is 2.68. The van der Waals surface area contributed by atoms with E-state index >= 15 is 0 Å². The smallest absolute Gasteiger partial charge is 0.326 e. The zero-order valence-corrected chi connectivity index (χ0v) is 11.6. The fourth-order valence-corrected chi connectivity index (χ4v) is 1.71. The van der Waals surface area contributed by atoms with Gasteiger partial charge in [0.05, 0.1) is 11.4 Å². The highest BCUT2D eigenvalue weighted by atomic mass is 16.4. The summed E-state index contributed by atoms with van der Waals surface area (Å²) in [5, 5.41) is 18.2. The van der Waals surface area contributed by atoms with Crippen LogP contribution in [0.1, 0.15) is 26.0 Å². The van der Waals surface area contributed by atoms with Crippen molar-refractivity contribution in [3.8, 4) is 0 Å². The zero-order chi connectivity index (χ0) is 14.6. The molecule has 0 bridgehead atoms. The Labute approximate surface area is 112 Å². The molecule has 0 aliphatic carbocycles. The molecule has 2 amide bonds. The number of aliphatic carboxylic acids is 1. The quantitative estimate of drug-likeness (QED) is 0.751. The standard InChI is InChI=1S/C12H20N4O3/c1-5-7(2)10(11(17)18)14-12(19)13-9-6-16(4)15-8(9)3/h6-7,10H,5H2,1-4H3,(H,17,18)(H2,13,14,19)/t7-,10-/m0/s1. The maximum atomic E-state index is 11.8. The molecule has 1 aromatic heterocycles. The first-order valence-corrected chi connectivity index (χ1v) is 6.15. The summed E-state index contributed by atoms with van der Waals surface area (Å²) in [7, 11) is 1.75. The Kier molecular flexibility index (Phi) is 4.91. The van der Waals surface area contributed by atoms with Crippen molar-refractivity contribution >= 4 is 17.7 Å². The molecule has 106 valence electrons. The van der Waals surface area contributed by atoms with E-state index < -0.39 is 18.0 Å². The molecule has 1 aromatic rings. The molecule has 0 unspecified atom stereocenters. The molecule has 1 rings (SSSR count). The second-order valence-electron chi connectivity index (χ2n) is 4.60. The Morgan fingerprint density at radius 3 is 2.58 bits per heavy atom. The van der Waals surface area contributed by atoms with Crippen LogP contribution in [0.15, 0.2) is 6.20 Å². The van der Waals surface area contributed by atoms with Crippen molar-refractivity contribution in [3.05, 3.63) is 11.9 Å². The van der Waals surface area contributed by atoms with E-state index in [0.717, 1.165) is 0 Å². The van der Waals surface area contributed by atoms with Crippen LogP contribution >= 0.6 is 0 Å². The molecule has 0 saturated carbocycles. The van der Waals surface area contributed by atoms with Crippen molar-refractivity contribution in [2.24, 2.45) is 13.0 Å². The maximum absolute atomic E-state index is 11.8. The van der Waals surface area contributed by atoms with Gasteiger partial charge in [0.25, 0.3) is 0 Å². The number of carbonyl (C=O) groups excluding carboxylic acids is 1. The highest BCUT2D eigenvalue weighted by molar-refractivity contribution is 5.92. The van der Waals surface area contributed by atoms with Gasteiger partial charge >= 0.3 is 12.0 Å². The summed E-state index contributed by atoms with van der Waals surface area (Å²) >= 11 is 0. The third-order valence-electron chi connectivity index (χ3n) is 3.03. The molecule has 7 heteroatoms. The summed E-state index contributed by atoms with van der Waals surface area (Å²) in [5.74, 6) is -1.18. The van der Waals surface area contributed by atoms with Gasteiger partial charge in [-0.15, -0.1) is 0 Å². The van der Waals surface area contributed by atoms with Crippen LogP contribution in [0.25, 0.3) is 0 Å². The highest BCUT2D eigenvalue weighted by Gasteiger charge is 2.25. The molecule has 0 saturated heterocycles. The second-order valence-corrected chi connectivity index (χ2v) is 4.60. The molecule has 0 aromatic carbocycles. The van der Waals surface area contributed by atoms with Gasteiger partial charge in [0.15, 0.2) is 0 Å². The lowest BCUT2D eigenvalue weighted by atomic mass is 9.99. The zero-order valence-electron chi connectivity index (χ0n) is 11.6. The minimum Gasteiger partial charge on any atom is -0.480 e. The summed E-state index contributed by atoms with van der Waals surface area (Å²) in [6, 6.07) is -1.44. The predicted octanol–water partition coefficient (Wildman–Crippen LogP) is 1.35. The number of nitrogens with one attached hydrogen (secondary N) is 2. The molecular formula is C12H20N4O3. The van der Waals surface area contributed by atoms with Crippen molar-refractivity contribution in [3.63, 3.8) is 0 Å². The van der Waals surface area contributed by atoms with Gasteiger partial charge in [0, 0.05) is 13.2 Å². The number of carboxylic acid groups (broad SMARTS) is 1. The van der Waals surface area contributed by atoms with Crippen molar-refractivity contribution < 1.29 is 14.7 Å². The molecule has 0 aliphatic heterocycles. The number of anilines is 1. The van der Waals surface area contributed by atoms with Crippen LogP contribution in [0.5, 0.6) is 0 Å². The molecule has 0 radical (unpaired) electrons. The van der Waals surface area contributed by atoms with Crippen LogP contribution in [0.4, 0.5) is 10.5 Å².